The molecule has 0 saturated carbocycles. The van der Waals surface area contributed by atoms with Crippen molar-refractivity contribution in [2.45, 2.75) is 20.8 Å². The van der Waals surface area contributed by atoms with Gasteiger partial charge in [0.25, 0.3) is 11.8 Å². The molecule has 7 heteroatoms. The monoisotopic (exact) mass is 324 g/mol. The summed E-state index contributed by atoms with van der Waals surface area (Å²) in [6.45, 7) is 5.83. The number of hydrogen-bond donors (Lipinski definition) is 1. The zero-order chi connectivity index (χ0) is 16.5. The van der Waals surface area contributed by atoms with Crippen molar-refractivity contribution in [3.8, 4) is 0 Å². The highest BCUT2D eigenvalue weighted by atomic mass is 32.2. The lowest BCUT2D eigenvalue weighted by Gasteiger charge is -2.14. The molecule has 0 aromatic heterocycles. The Morgan fingerprint density at radius 1 is 1.14 bits per heavy atom. The lowest BCUT2D eigenvalue weighted by atomic mass is 10.1. The third kappa shape index (κ3) is 3.53. The number of imide groups is 1. The third-order valence-electron chi connectivity index (χ3n) is 3.42. The second-order valence-electron chi connectivity index (χ2n) is 5.87. The van der Waals surface area contributed by atoms with Gasteiger partial charge in [-0.3, -0.25) is 14.5 Å². The molecule has 1 N–H and O–H groups in total. The number of carbonyl (C=O) groups is 2. The van der Waals surface area contributed by atoms with Crippen molar-refractivity contribution in [1.29, 1.82) is 0 Å². The predicted molar refractivity (Wildman–Crippen MR) is 83.2 cm³/mol. The number of sulfonamides is 1. The zero-order valence-corrected chi connectivity index (χ0v) is 13.7. The second kappa shape index (κ2) is 6.18. The summed E-state index contributed by atoms with van der Waals surface area (Å²) in [5, 5.41) is 0. The zero-order valence-electron chi connectivity index (χ0n) is 12.9. The molecule has 1 aliphatic heterocycles. The average Bonchev–Trinajstić information content (AvgIpc) is 2.66. The van der Waals surface area contributed by atoms with Gasteiger partial charge >= 0.3 is 0 Å². The molecule has 2 amide bonds. The van der Waals surface area contributed by atoms with Gasteiger partial charge in [-0.25, -0.2) is 13.1 Å². The molecule has 0 fully saturated rings. The Kier molecular flexibility index (Phi) is 4.67. The molecule has 22 heavy (non-hydrogen) atoms. The van der Waals surface area contributed by atoms with Gasteiger partial charge in [0.05, 0.1) is 16.9 Å². The Balaban J connectivity index is 2.07. The van der Waals surface area contributed by atoms with Crippen molar-refractivity contribution in [1.82, 2.24) is 9.62 Å². The molecule has 2 rings (SSSR count). The van der Waals surface area contributed by atoms with E-state index in [9.17, 15) is 18.0 Å². The Morgan fingerprint density at radius 2 is 1.77 bits per heavy atom. The Bertz CT molecular complexity index is 710. The number of aryl methyl sites for hydroxylation is 1. The molecule has 120 valence electrons. The molecule has 0 spiro atoms. The number of hydrogen-bond acceptors (Lipinski definition) is 4. The van der Waals surface area contributed by atoms with Crippen molar-refractivity contribution in [3.05, 3.63) is 34.9 Å². The highest BCUT2D eigenvalue weighted by Crippen LogP contribution is 2.23. The van der Waals surface area contributed by atoms with Crippen molar-refractivity contribution in [2.24, 2.45) is 5.92 Å². The van der Waals surface area contributed by atoms with Crippen molar-refractivity contribution in [2.75, 3.05) is 18.8 Å². The van der Waals surface area contributed by atoms with Gasteiger partial charge in [-0.1, -0.05) is 25.5 Å². The number of benzene rings is 1. The van der Waals surface area contributed by atoms with Crippen molar-refractivity contribution < 1.29 is 18.0 Å². The fraction of sp³-hybridized carbons (Fsp3) is 0.467. The SMILES string of the molecule is Cc1ccc2c(c1)C(=O)N(CCS(=O)(=O)NCC(C)C)C2=O. The van der Waals surface area contributed by atoms with Gasteiger partial charge in [-0.05, 0) is 25.0 Å². The Labute approximate surface area is 130 Å². The van der Waals surface area contributed by atoms with E-state index < -0.39 is 21.8 Å². The molecular weight excluding hydrogens is 304 g/mol. The fourth-order valence-corrected chi connectivity index (χ4v) is 3.34. The van der Waals surface area contributed by atoms with Crippen LogP contribution in [0, 0.1) is 12.8 Å². The maximum absolute atomic E-state index is 12.2. The van der Waals surface area contributed by atoms with E-state index >= 15 is 0 Å². The first-order valence-corrected chi connectivity index (χ1v) is 8.80. The van der Waals surface area contributed by atoms with Crippen LogP contribution in [0.2, 0.25) is 0 Å². The minimum Gasteiger partial charge on any atom is -0.273 e. The molecule has 0 saturated heterocycles. The number of nitrogens with one attached hydrogen (secondary N) is 1. The van der Waals surface area contributed by atoms with Crippen LogP contribution in [0.3, 0.4) is 0 Å². The topological polar surface area (TPSA) is 83.6 Å². The van der Waals surface area contributed by atoms with Gasteiger partial charge in [0.1, 0.15) is 0 Å². The fourth-order valence-electron chi connectivity index (χ4n) is 2.18. The van der Waals surface area contributed by atoms with Crippen LogP contribution >= 0.6 is 0 Å². The summed E-state index contributed by atoms with van der Waals surface area (Å²) in [5.74, 6) is -0.955. The molecule has 6 nitrogen and oxygen atoms in total. The number of rotatable bonds is 6. The summed E-state index contributed by atoms with van der Waals surface area (Å²) in [6.07, 6.45) is 0. The number of nitrogens with zero attached hydrogens (tertiary/aromatic N) is 1. The standard InChI is InChI=1S/C15H20N2O4S/c1-10(2)9-16-22(20,21)7-6-17-14(18)12-5-4-11(3)8-13(12)15(17)19/h4-5,8,10,16H,6-7,9H2,1-3H3. The van der Waals surface area contributed by atoms with E-state index in [1.54, 1.807) is 18.2 Å². The summed E-state index contributed by atoms with van der Waals surface area (Å²) in [7, 11) is -3.50. The molecule has 0 radical (unpaired) electrons. The first-order chi connectivity index (χ1) is 10.2. The van der Waals surface area contributed by atoms with E-state index in [2.05, 4.69) is 4.72 Å². The van der Waals surface area contributed by atoms with E-state index in [1.807, 2.05) is 20.8 Å². The van der Waals surface area contributed by atoms with Crippen molar-refractivity contribution in [3.63, 3.8) is 0 Å². The van der Waals surface area contributed by atoms with Crippen LogP contribution in [0.15, 0.2) is 18.2 Å². The molecule has 1 aliphatic rings. The van der Waals surface area contributed by atoms with Gasteiger partial charge in [0.15, 0.2) is 0 Å². The second-order valence-corrected chi connectivity index (χ2v) is 7.80. The van der Waals surface area contributed by atoms with Gasteiger partial charge in [0.2, 0.25) is 10.0 Å². The smallest absolute Gasteiger partial charge is 0.261 e. The molecule has 0 atom stereocenters. The van der Waals surface area contributed by atoms with E-state index in [4.69, 9.17) is 0 Å². The normalized spacial score (nSPS) is 14.8. The molecule has 0 aliphatic carbocycles. The third-order valence-corrected chi connectivity index (χ3v) is 4.75. The first kappa shape index (κ1) is 16.6. The first-order valence-electron chi connectivity index (χ1n) is 7.15. The summed E-state index contributed by atoms with van der Waals surface area (Å²) >= 11 is 0. The summed E-state index contributed by atoms with van der Waals surface area (Å²) in [6, 6.07) is 5.02. The van der Waals surface area contributed by atoms with Gasteiger partial charge in [-0.2, -0.15) is 0 Å². The lowest BCUT2D eigenvalue weighted by molar-refractivity contribution is 0.0664. The summed E-state index contributed by atoms with van der Waals surface area (Å²) in [5.41, 5.74) is 1.56. The maximum atomic E-state index is 12.2. The lowest BCUT2D eigenvalue weighted by Crippen LogP contribution is -2.38. The highest BCUT2D eigenvalue weighted by molar-refractivity contribution is 7.89. The van der Waals surface area contributed by atoms with E-state index in [0.717, 1.165) is 10.5 Å². The van der Waals surface area contributed by atoms with E-state index in [1.165, 1.54) is 0 Å². The average molecular weight is 324 g/mol. The minimum atomic E-state index is -3.50. The maximum Gasteiger partial charge on any atom is 0.261 e. The van der Waals surface area contributed by atoms with E-state index in [-0.39, 0.29) is 18.2 Å². The van der Waals surface area contributed by atoms with Crippen LogP contribution in [-0.4, -0.2) is 44.0 Å². The van der Waals surface area contributed by atoms with Crippen LogP contribution in [-0.2, 0) is 10.0 Å². The Hall–Kier alpha value is -1.73. The number of amides is 2. The molecular formula is C15H20N2O4S. The van der Waals surface area contributed by atoms with Gasteiger partial charge < -0.3 is 0 Å². The minimum absolute atomic E-state index is 0.140. The van der Waals surface area contributed by atoms with Crippen LogP contribution in [0.5, 0.6) is 0 Å². The Morgan fingerprint density at radius 3 is 2.41 bits per heavy atom. The molecule has 1 aromatic rings. The molecule has 1 aromatic carbocycles. The van der Waals surface area contributed by atoms with Crippen LogP contribution in [0.25, 0.3) is 0 Å². The summed E-state index contributed by atoms with van der Waals surface area (Å²) in [4.78, 5) is 25.4. The predicted octanol–water partition coefficient (Wildman–Crippen LogP) is 1.17. The van der Waals surface area contributed by atoms with Gasteiger partial charge in [-0.15, -0.1) is 0 Å². The molecule has 1 heterocycles. The van der Waals surface area contributed by atoms with E-state index in [0.29, 0.717) is 17.7 Å². The highest BCUT2D eigenvalue weighted by Gasteiger charge is 2.35. The number of carbonyl (C=O) groups excluding carboxylic acids is 2. The largest absolute Gasteiger partial charge is 0.273 e. The van der Waals surface area contributed by atoms with Crippen molar-refractivity contribution >= 4 is 21.8 Å². The van der Waals surface area contributed by atoms with Crippen LogP contribution in [0.1, 0.15) is 40.1 Å². The van der Waals surface area contributed by atoms with Crippen LogP contribution < -0.4 is 4.72 Å². The molecule has 0 unspecified atom stereocenters. The molecule has 0 bridgehead atoms. The number of fused-ring (bicyclic) bond motifs is 1. The summed E-state index contributed by atoms with van der Waals surface area (Å²) < 4.78 is 26.2. The van der Waals surface area contributed by atoms with Gasteiger partial charge in [0, 0.05) is 13.1 Å². The van der Waals surface area contributed by atoms with Crippen LogP contribution in [0.4, 0.5) is 0 Å². The quantitative estimate of drug-likeness (QED) is 0.796.